The molecule has 2 aliphatic rings. The van der Waals surface area contributed by atoms with E-state index in [-0.39, 0.29) is 12.0 Å². The summed E-state index contributed by atoms with van der Waals surface area (Å²) in [6, 6.07) is 11.8. The van der Waals surface area contributed by atoms with E-state index in [2.05, 4.69) is 26.9 Å². The Bertz CT molecular complexity index is 1130. The maximum absolute atomic E-state index is 13.8. The molecule has 2 heterocycles. The number of anilines is 2. The molecular formula is C29H41N5O4. The molecule has 1 aromatic carbocycles. The molecule has 1 atom stereocenters. The molecule has 0 saturated heterocycles. The van der Waals surface area contributed by atoms with E-state index in [1.165, 1.54) is 5.56 Å². The van der Waals surface area contributed by atoms with Crippen LogP contribution in [0.5, 0.6) is 0 Å². The number of alkyl carbamates (subject to hydrolysis) is 1. The standard InChI is InChI=1S/C29H41N5O4/c1-27(2,3)37-25(35)29(32-21-13-7-8-14-22(21)33-29)19-34(18-17-31-26(36)38-28(4,5)6)23-15-9-11-20-12-10-16-30-24(20)23/h7-8,10,12-14,16,23,32-33H,9,11,15,17-19H2,1-6H3,(H,31,36). The summed E-state index contributed by atoms with van der Waals surface area (Å²) in [7, 11) is 0. The summed E-state index contributed by atoms with van der Waals surface area (Å²) in [6.45, 7) is 12.2. The maximum Gasteiger partial charge on any atom is 0.407 e. The molecule has 0 saturated carbocycles. The van der Waals surface area contributed by atoms with Crippen LogP contribution >= 0.6 is 0 Å². The van der Waals surface area contributed by atoms with E-state index >= 15 is 0 Å². The van der Waals surface area contributed by atoms with Crippen LogP contribution in [0.1, 0.15) is 71.7 Å². The molecule has 1 aliphatic heterocycles. The van der Waals surface area contributed by atoms with Crippen LogP contribution in [0.4, 0.5) is 16.2 Å². The minimum Gasteiger partial charge on any atom is -0.457 e. The van der Waals surface area contributed by atoms with Crippen molar-refractivity contribution in [3.8, 4) is 0 Å². The molecule has 9 heteroatoms. The summed E-state index contributed by atoms with van der Waals surface area (Å²) in [5, 5.41) is 9.74. The third-order valence-corrected chi connectivity index (χ3v) is 6.48. The van der Waals surface area contributed by atoms with E-state index in [0.29, 0.717) is 19.6 Å². The van der Waals surface area contributed by atoms with Crippen LogP contribution in [0.15, 0.2) is 42.6 Å². The molecule has 3 N–H and O–H groups in total. The zero-order valence-electron chi connectivity index (χ0n) is 23.4. The highest BCUT2D eigenvalue weighted by Gasteiger charge is 2.48. The lowest BCUT2D eigenvalue weighted by Gasteiger charge is -2.41. The number of hydrogen-bond acceptors (Lipinski definition) is 8. The van der Waals surface area contributed by atoms with Crippen molar-refractivity contribution in [2.45, 2.75) is 83.7 Å². The minimum atomic E-state index is -1.21. The molecule has 206 valence electrons. The zero-order chi connectivity index (χ0) is 27.6. The Hall–Kier alpha value is -3.33. The Balaban J connectivity index is 1.63. The first-order valence-corrected chi connectivity index (χ1v) is 13.4. The lowest BCUT2D eigenvalue weighted by Crippen LogP contribution is -2.60. The van der Waals surface area contributed by atoms with E-state index in [9.17, 15) is 9.59 Å². The first-order valence-electron chi connectivity index (χ1n) is 13.4. The molecule has 1 unspecified atom stereocenters. The Kier molecular flexibility index (Phi) is 7.88. The third kappa shape index (κ3) is 6.75. The number of aromatic nitrogens is 1. The molecule has 1 aromatic heterocycles. The summed E-state index contributed by atoms with van der Waals surface area (Å²) in [5.41, 5.74) is 1.46. The number of ether oxygens (including phenoxy) is 2. The summed E-state index contributed by atoms with van der Waals surface area (Å²) >= 11 is 0. The molecule has 38 heavy (non-hydrogen) atoms. The Morgan fingerprint density at radius 2 is 1.68 bits per heavy atom. The lowest BCUT2D eigenvalue weighted by atomic mass is 9.90. The Morgan fingerprint density at radius 1 is 1.03 bits per heavy atom. The normalized spacial score (nSPS) is 18.0. The molecule has 0 spiro atoms. The number of pyridine rings is 1. The van der Waals surface area contributed by atoms with Gasteiger partial charge in [-0.25, -0.2) is 9.59 Å². The molecule has 1 aliphatic carbocycles. The SMILES string of the molecule is CC(C)(C)OC(=O)NCCN(CC1(C(=O)OC(C)(C)C)Nc2ccccc2N1)C1CCCc2cccnc21. The second kappa shape index (κ2) is 10.8. The highest BCUT2D eigenvalue weighted by Crippen LogP contribution is 2.39. The number of para-hydroxylation sites is 2. The van der Waals surface area contributed by atoms with Crippen molar-refractivity contribution in [3.63, 3.8) is 0 Å². The number of carbonyl (C=O) groups is 2. The second-order valence-corrected chi connectivity index (χ2v) is 12.1. The molecule has 0 bridgehead atoms. The fraction of sp³-hybridized carbons (Fsp3) is 0.552. The number of nitrogens with one attached hydrogen (secondary N) is 3. The van der Waals surface area contributed by atoms with Gasteiger partial charge in [-0.1, -0.05) is 18.2 Å². The van der Waals surface area contributed by atoms with Gasteiger partial charge in [0.1, 0.15) is 11.2 Å². The van der Waals surface area contributed by atoms with Gasteiger partial charge in [0.2, 0.25) is 5.66 Å². The van der Waals surface area contributed by atoms with Crippen molar-refractivity contribution in [1.29, 1.82) is 0 Å². The number of rotatable bonds is 7. The third-order valence-electron chi connectivity index (χ3n) is 6.48. The number of amides is 1. The summed E-state index contributed by atoms with van der Waals surface area (Å²) in [5.74, 6) is -0.386. The number of hydrogen-bond donors (Lipinski definition) is 3. The molecular weight excluding hydrogens is 482 g/mol. The number of carbonyl (C=O) groups excluding carboxylic acids is 2. The van der Waals surface area contributed by atoms with Crippen molar-refractivity contribution in [3.05, 3.63) is 53.9 Å². The van der Waals surface area contributed by atoms with Crippen molar-refractivity contribution in [1.82, 2.24) is 15.2 Å². The number of aryl methyl sites for hydroxylation is 1. The van der Waals surface area contributed by atoms with Crippen molar-refractivity contribution in [2.24, 2.45) is 0 Å². The number of nitrogens with zero attached hydrogens (tertiary/aromatic N) is 2. The van der Waals surface area contributed by atoms with Gasteiger partial charge in [0.05, 0.1) is 29.7 Å². The molecule has 0 fully saturated rings. The minimum absolute atomic E-state index is 0.0213. The molecule has 0 radical (unpaired) electrons. The average molecular weight is 524 g/mol. The Morgan fingerprint density at radius 3 is 2.32 bits per heavy atom. The van der Waals surface area contributed by atoms with Gasteiger partial charge >= 0.3 is 12.1 Å². The van der Waals surface area contributed by atoms with E-state index in [4.69, 9.17) is 14.5 Å². The van der Waals surface area contributed by atoms with E-state index in [1.807, 2.05) is 78.1 Å². The van der Waals surface area contributed by atoms with Crippen LogP contribution in [0, 0.1) is 0 Å². The predicted octanol–water partition coefficient (Wildman–Crippen LogP) is 4.86. The monoisotopic (exact) mass is 523 g/mol. The lowest BCUT2D eigenvalue weighted by molar-refractivity contribution is -0.160. The zero-order valence-corrected chi connectivity index (χ0v) is 23.4. The van der Waals surface area contributed by atoms with Gasteiger partial charge in [-0.3, -0.25) is 9.88 Å². The van der Waals surface area contributed by atoms with Crippen LogP contribution in [0.2, 0.25) is 0 Å². The summed E-state index contributed by atoms with van der Waals surface area (Å²) in [4.78, 5) is 33.1. The molecule has 4 rings (SSSR count). The van der Waals surface area contributed by atoms with Gasteiger partial charge in [-0.05, 0) is 84.6 Å². The van der Waals surface area contributed by atoms with Crippen molar-refractivity contribution < 1.29 is 19.1 Å². The quantitative estimate of drug-likeness (QED) is 0.442. The van der Waals surface area contributed by atoms with Crippen LogP contribution < -0.4 is 16.0 Å². The van der Waals surface area contributed by atoms with E-state index < -0.39 is 23.0 Å². The molecule has 2 aromatic rings. The maximum atomic E-state index is 13.8. The highest BCUT2D eigenvalue weighted by molar-refractivity contribution is 5.94. The van der Waals surface area contributed by atoms with Gasteiger partial charge in [0.25, 0.3) is 0 Å². The number of esters is 1. The fourth-order valence-corrected chi connectivity index (χ4v) is 5.01. The van der Waals surface area contributed by atoms with Crippen molar-refractivity contribution >= 4 is 23.4 Å². The van der Waals surface area contributed by atoms with E-state index in [1.54, 1.807) is 0 Å². The highest BCUT2D eigenvalue weighted by atomic mass is 16.6. The van der Waals surface area contributed by atoms with Crippen LogP contribution in [-0.2, 0) is 20.7 Å². The van der Waals surface area contributed by atoms with Gasteiger partial charge in [-0.15, -0.1) is 0 Å². The van der Waals surface area contributed by atoms with E-state index in [0.717, 1.165) is 36.3 Å². The largest absolute Gasteiger partial charge is 0.457 e. The van der Waals surface area contributed by atoms with Crippen LogP contribution in [0.25, 0.3) is 0 Å². The molecule has 1 amide bonds. The number of fused-ring (bicyclic) bond motifs is 2. The van der Waals surface area contributed by atoms with Crippen LogP contribution in [0.3, 0.4) is 0 Å². The number of benzene rings is 1. The van der Waals surface area contributed by atoms with Gasteiger partial charge in [0.15, 0.2) is 0 Å². The predicted molar refractivity (Wildman–Crippen MR) is 148 cm³/mol. The average Bonchev–Trinajstić information content (AvgIpc) is 3.20. The fourth-order valence-electron chi connectivity index (χ4n) is 5.01. The first kappa shape index (κ1) is 27.7. The van der Waals surface area contributed by atoms with Gasteiger partial charge in [0, 0.05) is 19.3 Å². The topological polar surface area (TPSA) is 105 Å². The smallest absolute Gasteiger partial charge is 0.407 e. The van der Waals surface area contributed by atoms with Crippen LogP contribution in [-0.4, -0.2) is 58.4 Å². The van der Waals surface area contributed by atoms with Crippen molar-refractivity contribution in [2.75, 3.05) is 30.3 Å². The summed E-state index contributed by atoms with van der Waals surface area (Å²) in [6.07, 6.45) is 4.24. The second-order valence-electron chi connectivity index (χ2n) is 12.1. The summed E-state index contributed by atoms with van der Waals surface area (Å²) < 4.78 is 11.3. The Labute approximate surface area is 225 Å². The first-order chi connectivity index (χ1) is 17.9. The molecule has 9 nitrogen and oxygen atoms in total. The van der Waals surface area contributed by atoms with Gasteiger partial charge < -0.3 is 25.4 Å². The van der Waals surface area contributed by atoms with Gasteiger partial charge in [-0.2, -0.15) is 0 Å².